The van der Waals surface area contributed by atoms with Crippen LogP contribution in [0.3, 0.4) is 0 Å². The van der Waals surface area contributed by atoms with Crippen molar-refractivity contribution in [1.29, 1.82) is 0 Å². The van der Waals surface area contributed by atoms with Gasteiger partial charge in [-0.2, -0.15) is 0 Å². The van der Waals surface area contributed by atoms with Crippen LogP contribution in [-0.2, 0) is 0 Å². The van der Waals surface area contributed by atoms with Crippen LogP contribution in [0, 0.1) is 26.1 Å². The molecule has 0 saturated heterocycles. The first kappa shape index (κ1) is 13.6. The molecular weight excluding hydrogens is 264 g/mol. The molecule has 1 aliphatic rings. The largest absolute Gasteiger partial charge is 0.491 e. The number of nitro groups is 2. The lowest BCUT2D eigenvalue weighted by Crippen LogP contribution is -2.53. The molecule has 0 amide bonds. The molecule has 0 aliphatic heterocycles. The Kier molecular flexibility index (Phi) is 3.43. The van der Waals surface area contributed by atoms with Crippen molar-refractivity contribution >= 4 is 5.78 Å². The highest BCUT2D eigenvalue weighted by Gasteiger charge is 2.63. The number of ketones is 1. The van der Waals surface area contributed by atoms with Crippen LogP contribution in [0.25, 0.3) is 0 Å². The highest BCUT2D eigenvalue weighted by molar-refractivity contribution is 5.99. The second kappa shape index (κ2) is 5.04. The van der Waals surface area contributed by atoms with E-state index in [1.807, 2.05) is 0 Å². The number of hydrogen-bond acceptors (Lipinski definition) is 5. The first-order chi connectivity index (χ1) is 9.50. The smallest absolute Gasteiger partial charge is 0.293 e. The summed E-state index contributed by atoms with van der Waals surface area (Å²) in [5.41, 5.74) is -2.45. The van der Waals surface area contributed by atoms with Gasteiger partial charge in [0.2, 0.25) is 0 Å². The van der Waals surface area contributed by atoms with E-state index in [2.05, 4.69) is 0 Å². The average Bonchev–Trinajstić information content (AvgIpc) is 2.46. The number of Topliss-reactive ketones (excluding diaryl/α,β-unsaturated/α-hetero) is 1. The molecule has 0 bridgehead atoms. The Morgan fingerprint density at radius 1 is 1.05 bits per heavy atom. The topological polar surface area (TPSA) is 103 Å². The summed E-state index contributed by atoms with van der Waals surface area (Å²) < 4.78 is 0. The van der Waals surface area contributed by atoms with Gasteiger partial charge in [-0.15, -0.1) is 0 Å². The molecule has 0 fully saturated rings. The Hall–Kier alpha value is -2.83. The second-order valence-corrected chi connectivity index (χ2v) is 4.25. The Bertz CT molecular complexity index is 607. The van der Waals surface area contributed by atoms with E-state index in [1.165, 1.54) is 30.4 Å². The molecule has 0 spiro atoms. The van der Waals surface area contributed by atoms with Gasteiger partial charge in [0, 0.05) is 5.56 Å². The fourth-order valence-electron chi connectivity index (χ4n) is 2.10. The van der Waals surface area contributed by atoms with Crippen LogP contribution in [-0.4, -0.2) is 21.3 Å². The summed E-state index contributed by atoms with van der Waals surface area (Å²) in [4.78, 5) is 32.7. The van der Waals surface area contributed by atoms with Crippen LogP contribution >= 0.6 is 0 Å². The van der Waals surface area contributed by atoms with Gasteiger partial charge in [0.15, 0.2) is 11.7 Å². The van der Waals surface area contributed by atoms with Crippen LogP contribution in [0.1, 0.15) is 10.4 Å². The van der Waals surface area contributed by atoms with Crippen molar-refractivity contribution in [1.82, 2.24) is 0 Å². The Balaban J connectivity index is 2.51. The quantitative estimate of drug-likeness (QED) is 0.361. The van der Waals surface area contributed by atoms with Gasteiger partial charge >= 0.3 is 5.66 Å². The summed E-state index contributed by atoms with van der Waals surface area (Å²) in [6.45, 7) is 0. The minimum absolute atomic E-state index is 0.200. The molecule has 7 nitrogen and oxygen atoms in total. The predicted octanol–water partition coefficient (Wildman–Crippen LogP) is 1.86. The van der Waals surface area contributed by atoms with Crippen molar-refractivity contribution in [2.75, 3.05) is 0 Å². The number of carbonyl (C=O) groups is 1. The van der Waals surface area contributed by atoms with Crippen molar-refractivity contribution in [3.8, 4) is 0 Å². The van der Waals surface area contributed by atoms with E-state index in [1.54, 1.807) is 18.2 Å². The first-order valence-electron chi connectivity index (χ1n) is 5.74. The predicted molar refractivity (Wildman–Crippen MR) is 69.3 cm³/mol. The highest BCUT2D eigenvalue weighted by atomic mass is 16.7. The zero-order chi connectivity index (χ0) is 14.8. The van der Waals surface area contributed by atoms with Crippen LogP contribution in [0.2, 0.25) is 0 Å². The van der Waals surface area contributed by atoms with Crippen LogP contribution < -0.4 is 0 Å². The van der Waals surface area contributed by atoms with E-state index in [9.17, 15) is 25.0 Å². The fourth-order valence-corrected chi connectivity index (χ4v) is 2.10. The van der Waals surface area contributed by atoms with E-state index in [0.29, 0.717) is 0 Å². The van der Waals surface area contributed by atoms with E-state index in [4.69, 9.17) is 0 Å². The Labute approximate surface area is 113 Å². The summed E-state index contributed by atoms with van der Waals surface area (Å²) in [5.74, 6) is -2.13. The number of benzene rings is 1. The van der Waals surface area contributed by atoms with Gasteiger partial charge in [-0.1, -0.05) is 48.6 Å². The van der Waals surface area contributed by atoms with Crippen LogP contribution in [0.5, 0.6) is 0 Å². The van der Waals surface area contributed by atoms with Gasteiger partial charge < -0.3 is 0 Å². The molecule has 20 heavy (non-hydrogen) atoms. The van der Waals surface area contributed by atoms with E-state index in [0.717, 1.165) is 6.08 Å². The maximum absolute atomic E-state index is 12.3. The molecule has 2 rings (SSSR count). The highest BCUT2D eigenvalue weighted by Crippen LogP contribution is 2.31. The van der Waals surface area contributed by atoms with Crippen molar-refractivity contribution in [2.45, 2.75) is 5.66 Å². The molecule has 102 valence electrons. The van der Waals surface area contributed by atoms with Crippen LogP contribution in [0.4, 0.5) is 0 Å². The van der Waals surface area contributed by atoms with Crippen molar-refractivity contribution in [3.05, 3.63) is 80.4 Å². The molecule has 1 atom stereocenters. The van der Waals surface area contributed by atoms with Crippen molar-refractivity contribution in [3.63, 3.8) is 0 Å². The summed E-state index contributed by atoms with van der Waals surface area (Å²) >= 11 is 0. The van der Waals surface area contributed by atoms with E-state index >= 15 is 0 Å². The lowest BCUT2D eigenvalue weighted by molar-refractivity contribution is -0.785. The zero-order valence-corrected chi connectivity index (χ0v) is 10.2. The third kappa shape index (κ3) is 1.99. The summed E-state index contributed by atoms with van der Waals surface area (Å²) in [6, 6.07) is 7.81. The molecule has 1 unspecified atom stereocenters. The zero-order valence-electron chi connectivity index (χ0n) is 10.2. The lowest BCUT2D eigenvalue weighted by Gasteiger charge is -2.21. The molecule has 0 N–H and O–H groups in total. The fraction of sp³-hybridized carbons (Fsp3) is 0.154. The standard InChI is InChI=1S/C13H10N2O5/c16-12(10-6-2-1-3-7-10)11-8-4-5-9-13(11,14(17)18)15(19)20/h1-9,11H. The molecule has 1 aromatic carbocycles. The normalized spacial score (nSPS) is 19.5. The SMILES string of the molecule is O=C(c1ccccc1)C1C=CC=CC1([N+](=O)[O-])[N+](=O)[O-]. The van der Waals surface area contributed by atoms with Gasteiger partial charge in [-0.05, 0) is 0 Å². The molecule has 1 aliphatic carbocycles. The monoisotopic (exact) mass is 274 g/mol. The molecular formula is C13H10N2O5. The average molecular weight is 274 g/mol. The Morgan fingerprint density at radius 2 is 1.65 bits per heavy atom. The first-order valence-corrected chi connectivity index (χ1v) is 5.74. The minimum atomic E-state index is -2.65. The summed E-state index contributed by atoms with van der Waals surface area (Å²) in [7, 11) is 0. The maximum atomic E-state index is 12.3. The third-order valence-corrected chi connectivity index (χ3v) is 3.14. The van der Waals surface area contributed by atoms with Gasteiger partial charge in [0.1, 0.15) is 9.85 Å². The van der Waals surface area contributed by atoms with Crippen molar-refractivity contribution < 1.29 is 14.6 Å². The van der Waals surface area contributed by atoms with Gasteiger partial charge in [-0.3, -0.25) is 25.0 Å². The molecule has 0 saturated carbocycles. The Morgan fingerprint density at radius 3 is 2.20 bits per heavy atom. The van der Waals surface area contributed by atoms with Gasteiger partial charge in [0.05, 0.1) is 6.08 Å². The molecule has 0 aromatic heterocycles. The molecule has 0 radical (unpaired) electrons. The number of carbonyl (C=O) groups excluding carboxylic acids is 1. The van der Waals surface area contributed by atoms with E-state index < -0.39 is 27.2 Å². The number of nitrogens with zero attached hydrogens (tertiary/aromatic N) is 2. The van der Waals surface area contributed by atoms with Crippen LogP contribution in [0.15, 0.2) is 54.6 Å². The third-order valence-electron chi connectivity index (χ3n) is 3.14. The lowest BCUT2D eigenvalue weighted by atomic mass is 9.83. The van der Waals surface area contributed by atoms with E-state index in [-0.39, 0.29) is 5.56 Å². The van der Waals surface area contributed by atoms with Gasteiger partial charge in [-0.25, -0.2) is 0 Å². The summed E-state index contributed by atoms with van der Waals surface area (Å²) in [5, 5.41) is 22.4. The minimum Gasteiger partial charge on any atom is -0.293 e. The molecule has 1 aromatic rings. The van der Waals surface area contributed by atoms with Gasteiger partial charge in [0.25, 0.3) is 0 Å². The molecule has 7 heteroatoms. The second-order valence-electron chi connectivity index (χ2n) is 4.25. The number of allylic oxidation sites excluding steroid dienone is 2. The number of hydrogen-bond donors (Lipinski definition) is 0. The number of rotatable bonds is 4. The van der Waals surface area contributed by atoms with Crippen molar-refractivity contribution in [2.24, 2.45) is 5.92 Å². The summed E-state index contributed by atoms with van der Waals surface area (Å²) in [6.07, 6.45) is 4.65. The maximum Gasteiger partial charge on any atom is 0.491 e. The molecule has 0 heterocycles.